The third kappa shape index (κ3) is 2.85. The second kappa shape index (κ2) is 6.01. The molecule has 0 aromatic heterocycles. The van der Waals surface area contributed by atoms with Gasteiger partial charge in [0.15, 0.2) is 0 Å². The van der Waals surface area contributed by atoms with E-state index in [2.05, 4.69) is 0 Å². The Bertz CT molecular complexity index is 566. The van der Waals surface area contributed by atoms with Gasteiger partial charge in [0, 0.05) is 29.9 Å². The average Bonchev–Trinajstić information content (AvgIpc) is 2.47. The van der Waals surface area contributed by atoms with Crippen molar-refractivity contribution in [3.63, 3.8) is 0 Å². The number of carbonyl (C=O) groups excluding carboxylic acids is 1. The standard InChI is InChI=1S/C14H14N2O4/c1-2-20-14(17)15-9-7-11(8-10-15)12-5-3-4-6-13(12)16(18)19/h3-11H,2H2,1H3. The van der Waals surface area contributed by atoms with Crippen LogP contribution in [0.5, 0.6) is 0 Å². The number of para-hydroxylation sites is 1. The number of hydrogen-bond donors (Lipinski definition) is 0. The monoisotopic (exact) mass is 274 g/mol. The summed E-state index contributed by atoms with van der Waals surface area (Å²) in [5.41, 5.74) is 0.657. The number of nitrogens with zero attached hydrogens (tertiary/aromatic N) is 2. The Kier molecular flexibility index (Phi) is 4.14. The maximum absolute atomic E-state index is 11.5. The SMILES string of the molecule is CCOC(=O)N1C=CC(c2ccccc2[N+](=O)[O-])C=C1. The summed E-state index contributed by atoms with van der Waals surface area (Å²) < 4.78 is 4.86. The van der Waals surface area contributed by atoms with Crippen molar-refractivity contribution in [2.75, 3.05) is 6.61 Å². The summed E-state index contributed by atoms with van der Waals surface area (Å²) in [6.45, 7) is 2.02. The largest absolute Gasteiger partial charge is 0.449 e. The van der Waals surface area contributed by atoms with E-state index in [9.17, 15) is 14.9 Å². The van der Waals surface area contributed by atoms with Crippen LogP contribution in [0, 0.1) is 10.1 Å². The fourth-order valence-electron chi connectivity index (χ4n) is 1.95. The van der Waals surface area contributed by atoms with Gasteiger partial charge in [-0.15, -0.1) is 0 Å². The van der Waals surface area contributed by atoms with Crippen LogP contribution in [0.15, 0.2) is 48.8 Å². The van der Waals surface area contributed by atoms with Gasteiger partial charge in [-0.05, 0) is 6.92 Å². The Labute approximate surface area is 116 Å². The van der Waals surface area contributed by atoms with Crippen LogP contribution in [0.4, 0.5) is 10.5 Å². The summed E-state index contributed by atoms with van der Waals surface area (Å²) in [4.78, 5) is 23.4. The van der Waals surface area contributed by atoms with E-state index in [4.69, 9.17) is 4.74 Å². The summed E-state index contributed by atoms with van der Waals surface area (Å²) in [7, 11) is 0. The molecule has 20 heavy (non-hydrogen) atoms. The van der Waals surface area contributed by atoms with Crippen molar-refractivity contribution in [3.8, 4) is 0 Å². The van der Waals surface area contributed by atoms with E-state index in [0.717, 1.165) is 0 Å². The number of allylic oxidation sites excluding steroid dienone is 2. The van der Waals surface area contributed by atoms with Crippen LogP contribution in [-0.4, -0.2) is 22.5 Å². The molecule has 0 unspecified atom stereocenters. The van der Waals surface area contributed by atoms with Crippen LogP contribution in [0.1, 0.15) is 18.4 Å². The van der Waals surface area contributed by atoms with E-state index in [-0.39, 0.29) is 11.6 Å². The van der Waals surface area contributed by atoms with Gasteiger partial charge in [0.1, 0.15) is 0 Å². The quantitative estimate of drug-likeness (QED) is 0.626. The Morgan fingerprint density at radius 2 is 2.00 bits per heavy atom. The smallest absolute Gasteiger partial charge is 0.417 e. The highest BCUT2D eigenvalue weighted by molar-refractivity contribution is 5.70. The van der Waals surface area contributed by atoms with Crippen molar-refractivity contribution in [1.29, 1.82) is 0 Å². The van der Waals surface area contributed by atoms with Crippen molar-refractivity contribution in [2.45, 2.75) is 12.8 Å². The minimum absolute atomic E-state index is 0.0661. The molecule has 1 amide bonds. The van der Waals surface area contributed by atoms with E-state index >= 15 is 0 Å². The Hall–Kier alpha value is -2.63. The van der Waals surface area contributed by atoms with E-state index in [1.165, 1.54) is 11.0 Å². The number of carbonyl (C=O) groups is 1. The summed E-state index contributed by atoms with van der Waals surface area (Å²) in [6, 6.07) is 6.55. The van der Waals surface area contributed by atoms with Crippen molar-refractivity contribution in [2.24, 2.45) is 0 Å². The Balaban J connectivity index is 2.19. The topological polar surface area (TPSA) is 72.7 Å². The molecule has 0 spiro atoms. The highest BCUT2D eigenvalue weighted by Gasteiger charge is 2.21. The molecule has 1 aliphatic rings. The highest BCUT2D eigenvalue weighted by Crippen LogP contribution is 2.30. The molecule has 0 saturated heterocycles. The van der Waals surface area contributed by atoms with Gasteiger partial charge in [-0.2, -0.15) is 0 Å². The zero-order valence-electron chi connectivity index (χ0n) is 10.9. The number of nitro groups is 1. The minimum atomic E-state index is -0.471. The van der Waals surface area contributed by atoms with E-state index in [1.807, 2.05) is 0 Å². The fourth-order valence-corrected chi connectivity index (χ4v) is 1.95. The molecular formula is C14H14N2O4. The normalized spacial score (nSPS) is 14.3. The van der Waals surface area contributed by atoms with Gasteiger partial charge < -0.3 is 4.74 Å². The van der Waals surface area contributed by atoms with E-state index in [1.54, 1.807) is 49.7 Å². The molecule has 0 aliphatic carbocycles. The number of ether oxygens (including phenoxy) is 1. The molecule has 0 atom stereocenters. The Morgan fingerprint density at radius 3 is 2.60 bits per heavy atom. The lowest BCUT2D eigenvalue weighted by atomic mass is 9.96. The molecule has 6 nitrogen and oxygen atoms in total. The predicted octanol–water partition coefficient (Wildman–Crippen LogP) is 3.18. The minimum Gasteiger partial charge on any atom is -0.449 e. The summed E-state index contributed by atoms with van der Waals surface area (Å²) >= 11 is 0. The highest BCUT2D eigenvalue weighted by atomic mass is 16.6. The first-order valence-electron chi connectivity index (χ1n) is 6.18. The van der Waals surface area contributed by atoms with Crippen LogP contribution < -0.4 is 0 Å². The molecule has 0 bridgehead atoms. The summed E-state index contributed by atoms with van der Waals surface area (Å²) in [5, 5.41) is 11.0. The number of benzene rings is 1. The molecule has 1 aliphatic heterocycles. The van der Waals surface area contributed by atoms with Crippen LogP contribution in [0.3, 0.4) is 0 Å². The number of rotatable bonds is 3. The van der Waals surface area contributed by atoms with Crippen molar-refractivity contribution < 1.29 is 14.5 Å². The number of nitro benzene ring substituents is 1. The van der Waals surface area contributed by atoms with Gasteiger partial charge in [-0.25, -0.2) is 4.79 Å². The molecule has 0 fully saturated rings. The molecular weight excluding hydrogens is 260 g/mol. The molecule has 104 valence electrons. The average molecular weight is 274 g/mol. The third-order valence-electron chi connectivity index (χ3n) is 2.88. The zero-order chi connectivity index (χ0) is 14.5. The van der Waals surface area contributed by atoms with Gasteiger partial charge in [0.2, 0.25) is 0 Å². The number of amides is 1. The van der Waals surface area contributed by atoms with Gasteiger partial charge in [0.25, 0.3) is 5.69 Å². The van der Waals surface area contributed by atoms with Crippen LogP contribution in [0.25, 0.3) is 0 Å². The fraction of sp³-hybridized carbons (Fsp3) is 0.214. The lowest BCUT2D eigenvalue weighted by Gasteiger charge is -2.19. The van der Waals surface area contributed by atoms with Crippen molar-refractivity contribution in [3.05, 3.63) is 64.5 Å². The first-order valence-corrected chi connectivity index (χ1v) is 6.18. The summed E-state index contributed by atoms with van der Waals surface area (Å²) in [6.07, 6.45) is 6.08. The third-order valence-corrected chi connectivity index (χ3v) is 2.88. The molecule has 6 heteroatoms. The van der Waals surface area contributed by atoms with Crippen LogP contribution >= 0.6 is 0 Å². The van der Waals surface area contributed by atoms with Gasteiger partial charge in [-0.3, -0.25) is 15.0 Å². The van der Waals surface area contributed by atoms with Gasteiger partial charge in [0.05, 0.1) is 11.5 Å². The second-order valence-corrected chi connectivity index (χ2v) is 4.13. The molecule has 1 aromatic rings. The summed E-state index contributed by atoms with van der Waals surface area (Å²) in [5.74, 6) is -0.234. The van der Waals surface area contributed by atoms with Crippen molar-refractivity contribution >= 4 is 11.8 Å². The maximum Gasteiger partial charge on any atom is 0.417 e. The molecule has 0 radical (unpaired) electrons. The second-order valence-electron chi connectivity index (χ2n) is 4.13. The van der Waals surface area contributed by atoms with Crippen LogP contribution in [-0.2, 0) is 4.74 Å². The Morgan fingerprint density at radius 1 is 1.35 bits per heavy atom. The predicted molar refractivity (Wildman–Crippen MR) is 73.0 cm³/mol. The first kappa shape index (κ1) is 13.8. The lowest BCUT2D eigenvalue weighted by molar-refractivity contribution is -0.385. The first-order chi connectivity index (χ1) is 9.63. The molecule has 2 rings (SSSR count). The molecule has 1 heterocycles. The van der Waals surface area contributed by atoms with Crippen molar-refractivity contribution in [1.82, 2.24) is 4.90 Å². The molecule has 0 saturated carbocycles. The van der Waals surface area contributed by atoms with E-state index < -0.39 is 11.0 Å². The van der Waals surface area contributed by atoms with Gasteiger partial charge in [-0.1, -0.05) is 30.4 Å². The lowest BCUT2D eigenvalue weighted by Crippen LogP contribution is -2.23. The van der Waals surface area contributed by atoms with E-state index in [0.29, 0.717) is 12.2 Å². The molecule has 1 aromatic carbocycles. The van der Waals surface area contributed by atoms with Crippen LogP contribution in [0.2, 0.25) is 0 Å². The molecule has 0 N–H and O–H groups in total. The zero-order valence-corrected chi connectivity index (χ0v) is 10.9. The maximum atomic E-state index is 11.5. The van der Waals surface area contributed by atoms with Gasteiger partial charge >= 0.3 is 6.09 Å². The number of hydrogen-bond acceptors (Lipinski definition) is 4.